The molecule has 3 rings (SSSR count). The van der Waals surface area contributed by atoms with Crippen LogP contribution in [0.25, 0.3) is 0 Å². The van der Waals surface area contributed by atoms with Crippen LogP contribution < -0.4 is 14.8 Å². The van der Waals surface area contributed by atoms with Crippen LogP contribution in [0.15, 0.2) is 29.6 Å². The van der Waals surface area contributed by atoms with Gasteiger partial charge in [0.1, 0.15) is 23.1 Å². The van der Waals surface area contributed by atoms with Gasteiger partial charge in [-0.1, -0.05) is 0 Å². The van der Waals surface area contributed by atoms with Crippen molar-refractivity contribution in [2.75, 3.05) is 27.2 Å². The van der Waals surface area contributed by atoms with E-state index in [1.807, 2.05) is 31.3 Å². The summed E-state index contributed by atoms with van der Waals surface area (Å²) in [5, 5.41) is 6.55. The number of hydrogen-bond donors (Lipinski definition) is 1. The van der Waals surface area contributed by atoms with Crippen LogP contribution in [-0.4, -0.2) is 43.2 Å². The molecule has 2 heterocycles. The number of aromatic nitrogens is 1. The molecule has 1 unspecified atom stereocenters. The van der Waals surface area contributed by atoms with Crippen LogP contribution in [0.2, 0.25) is 0 Å². The Bertz CT molecular complexity index is 629. The van der Waals surface area contributed by atoms with Gasteiger partial charge in [0, 0.05) is 24.5 Å². The van der Waals surface area contributed by atoms with Crippen molar-refractivity contribution in [3.63, 3.8) is 0 Å². The van der Waals surface area contributed by atoms with Gasteiger partial charge in [0.05, 0.1) is 12.8 Å². The van der Waals surface area contributed by atoms with E-state index in [2.05, 4.69) is 15.6 Å². The van der Waals surface area contributed by atoms with Gasteiger partial charge < -0.3 is 14.8 Å². The number of ether oxygens (including phenoxy) is 2. The Kier molecular flexibility index (Phi) is 6.07. The lowest BCUT2D eigenvalue weighted by Gasteiger charge is -2.31. The van der Waals surface area contributed by atoms with Crippen molar-refractivity contribution in [3.05, 3.63) is 40.3 Å². The zero-order valence-corrected chi connectivity index (χ0v) is 15.1. The molecule has 5 nitrogen and oxygen atoms in total. The third-order valence-corrected chi connectivity index (χ3v) is 5.19. The first-order valence-corrected chi connectivity index (χ1v) is 9.24. The summed E-state index contributed by atoms with van der Waals surface area (Å²) >= 11 is 1.67. The second-order valence-electron chi connectivity index (χ2n) is 6.06. The molecule has 0 bridgehead atoms. The number of likely N-dealkylation sites (tertiary alicyclic amines) is 1. The highest BCUT2D eigenvalue weighted by atomic mass is 32.1. The highest BCUT2D eigenvalue weighted by Gasteiger charge is 2.19. The van der Waals surface area contributed by atoms with Crippen LogP contribution >= 0.6 is 11.3 Å². The molecule has 1 aliphatic rings. The highest BCUT2D eigenvalue weighted by molar-refractivity contribution is 7.09. The molecule has 0 saturated carbocycles. The molecule has 1 atom stereocenters. The molecule has 0 spiro atoms. The van der Waals surface area contributed by atoms with Crippen molar-refractivity contribution in [2.45, 2.75) is 32.0 Å². The average molecular weight is 347 g/mol. The first-order chi connectivity index (χ1) is 11.8. The number of methoxy groups -OCH3 is 1. The third kappa shape index (κ3) is 4.69. The van der Waals surface area contributed by atoms with Gasteiger partial charge in [0.25, 0.3) is 0 Å². The molecule has 24 heavy (non-hydrogen) atoms. The molecule has 0 radical (unpaired) electrons. The normalized spacial score (nSPS) is 18.5. The number of piperidine rings is 1. The summed E-state index contributed by atoms with van der Waals surface area (Å²) in [5.41, 5.74) is 1.14. The van der Waals surface area contributed by atoms with Crippen LogP contribution in [0, 0.1) is 0 Å². The van der Waals surface area contributed by atoms with E-state index >= 15 is 0 Å². The molecule has 2 aromatic rings. The zero-order valence-electron chi connectivity index (χ0n) is 14.3. The minimum atomic E-state index is 0.510. The van der Waals surface area contributed by atoms with Crippen LogP contribution in [-0.2, 0) is 13.2 Å². The van der Waals surface area contributed by atoms with E-state index in [0.29, 0.717) is 12.6 Å². The minimum Gasteiger partial charge on any atom is -0.497 e. The maximum absolute atomic E-state index is 5.80. The minimum absolute atomic E-state index is 0.510. The molecule has 130 valence electrons. The Labute approximate surface area is 147 Å². The van der Waals surface area contributed by atoms with Crippen molar-refractivity contribution in [2.24, 2.45) is 0 Å². The third-order valence-electron chi connectivity index (χ3n) is 4.32. The summed E-state index contributed by atoms with van der Waals surface area (Å²) in [6.45, 7) is 3.70. The molecule has 0 amide bonds. The molecule has 1 N–H and O–H groups in total. The summed E-state index contributed by atoms with van der Waals surface area (Å²) in [7, 11) is 3.71. The van der Waals surface area contributed by atoms with Crippen molar-refractivity contribution in [3.8, 4) is 11.5 Å². The van der Waals surface area contributed by atoms with E-state index in [0.717, 1.165) is 41.8 Å². The molecule has 1 aromatic carbocycles. The lowest BCUT2D eigenvalue weighted by Crippen LogP contribution is -2.43. The molecule has 6 heteroatoms. The summed E-state index contributed by atoms with van der Waals surface area (Å²) < 4.78 is 10.9. The van der Waals surface area contributed by atoms with Gasteiger partial charge >= 0.3 is 0 Å². The lowest BCUT2D eigenvalue weighted by atomic mass is 10.1. The maximum Gasteiger partial charge on any atom is 0.140 e. The molecule has 1 fully saturated rings. The lowest BCUT2D eigenvalue weighted by molar-refractivity contribution is 0.186. The highest BCUT2D eigenvalue weighted by Crippen LogP contribution is 2.20. The van der Waals surface area contributed by atoms with Crippen LogP contribution in [0.1, 0.15) is 23.5 Å². The van der Waals surface area contributed by atoms with Gasteiger partial charge in [-0.15, -0.1) is 11.3 Å². The molecule has 1 aliphatic heterocycles. The van der Waals surface area contributed by atoms with E-state index in [4.69, 9.17) is 14.5 Å². The molecular weight excluding hydrogens is 322 g/mol. The number of benzene rings is 1. The summed E-state index contributed by atoms with van der Waals surface area (Å²) in [6, 6.07) is 8.24. The SMILES string of the molecule is CNC1CCCN(Cc2csc(COc3ccc(OC)cc3)n2)C1. The number of rotatable bonds is 7. The molecule has 0 aliphatic carbocycles. The van der Waals surface area contributed by atoms with E-state index in [1.165, 1.54) is 12.8 Å². The first kappa shape index (κ1) is 17.2. The maximum atomic E-state index is 5.80. The number of nitrogens with one attached hydrogen (secondary N) is 1. The molecule has 1 saturated heterocycles. The van der Waals surface area contributed by atoms with Crippen molar-refractivity contribution < 1.29 is 9.47 Å². The van der Waals surface area contributed by atoms with Gasteiger partial charge in [-0.05, 0) is 50.7 Å². The topological polar surface area (TPSA) is 46.6 Å². The fraction of sp³-hybridized carbons (Fsp3) is 0.500. The summed E-state index contributed by atoms with van der Waals surface area (Å²) in [6.07, 6.45) is 2.52. The van der Waals surface area contributed by atoms with Gasteiger partial charge in [-0.25, -0.2) is 4.98 Å². The summed E-state index contributed by atoms with van der Waals surface area (Å²) in [5.74, 6) is 1.67. The fourth-order valence-corrected chi connectivity index (χ4v) is 3.66. The van der Waals surface area contributed by atoms with Crippen molar-refractivity contribution in [1.82, 2.24) is 15.2 Å². The van der Waals surface area contributed by atoms with E-state index in [1.54, 1.807) is 18.4 Å². The van der Waals surface area contributed by atoms with Crippen LogP contribution in [0.3, 0.4) is 0 Å². The van der Waals surface area contributed by atoms with Crippen molar-refractivity contribution >= 4 is 11.3 Å². The number of hydrogen-bond acceptors (Lipinski definition) is 6. The number of nitrogens with zero attached hydrogens (tertiary/aromatic N) is 2. The van der Waals surface area contributed by atoms with Gasteiger partial charge in [-0.2, -0.15) is 0 Å². The Morgan fingerprint density at radius 2 is 2.08 bits per heavy atom. The summed E-state index contributed by atoms with van der Waals surface area (Å²) in [4.78, 5) is 7.19. The van der Waals surface area contributed by atoms with Crippen LogP contribution in [0.5, 0.6) is 11.5 Å². The van der Waals surface area contributed by atoms with Gasteiger partial charge in [-0.3, -0.25) is 4.90 Å². The van der Waals surface area contributed by atoms with Crippen molar-refractivity contribution in [1.29, 1.82) is 0 Å². The van der Waals surface area contributed by atoms with Gasteiger partial charge in [0.15, 0.2) is 0 Å². The second kappa shape index (κ2) is 8.46. The Morgan fingerprint density at radius 3 is 2.83 bits per heavy atom. The predicted molar refractivity (Wildman–Crippen MR) is 96.8 cm³/mol. The monoisotopic (exact) mass is 347 g/mol. The number of likely N-dealkylation sites (N-methyl/N-ethyl adjacent to an activating group) is 1. The van der Waals surface area contributed by atoms with E-state index < -0.39 is 0 Å². The Hall–Kier alpha value is -1.63. The molecule has 1 aromatic heterocycles. The Morgan fingerprint density at radius 1 is 1.29 bits per heavy atom. The smallest absolute Gasteiger partial charge is 0.140 e. The van der Waals surface area contributed by atoms with Crippen LogP contribution in [0.4, 0.5) is 0 Å². The zero-order chi connectivity index (χ0) is 16.8. The van der Waals surface area contributed by atoms with E-state index in [-0.39, 0.29) is 0 Å². The Balaban J connectivity index is 1.49. The fourth-order valence-electron chi connectivity index (χ4n) is 2.97. The first-order valence-electron chi connectivity index (χ1n) is 8.36. The van der Waals surface area contributed by atoms with Gasteiger partial charge in [0.2, 0.25) is 0 Å². The quantitative estimate of drug-likeness (QED) is 0.834. The van der Waals surface area contributed by atoms with E-state index in [9.17, 15) is 0 Å². The molecular formula is C18H25N3O2S. The number of thiazole rings is 1. The average Bonchev–Trinajstić information content (AvgIpc) is 3.08. The second-order valence-corrected chi connectivity index (χ2v) is 7.00. The largest absolute Gasteiger partial charge is 0.497 e. The predicted octanol–water partition coefficient (Wildman–Crippen LogP) is 2.91. The standard InChI is InChI=1S/C18H25N3O2S/c1-19-14-4-3-9-21(10-14)11-15-13-24-18(20-15)12-23-17-7-5-16(22-2)6-8-17/h5-8,13-14,19H,3-4,9-12H2,1-2H3.